The van der Waals surface area contributed by atoms with Gasteiger partial charge in [-0.1, -0.05) is 60.1 Å². The van der Waals surface area contributed by atoms with Crippen molar-refractivity contribution >= 4 is 5.97 Å². The van der Waals surface area contributed by atoms with E-state index in [9.17, 15) is 86.8 Å². The van der Waals surface area contributed by atoms with E-state index in [1.165, 1.54) is 13.8 Å². The van der Waals surface area contributed by atoms with Crippen molar-refractivity contribution in [2.24, 2.45) is 50.2 Å². The fraction of sp³-hybridized carbons (Fsp3) is 0.953. The van der Waals surface area contributed by atoms with E-state index in [0.29, 0.717) is 44.9 Å². The van der Waals surface area contributed by atoms with Gasteiger partial charge >= 0.3 is 5.97 Å². The van der Waals surface area contributed by atoms with Crippen molar-refractivity contribution in [3.63, 3.8) is 0 Å². The van der Waals surface area contributed by atoms with Gasteiger partial charge in [-0.2, -0.15) is 0 Å². The average molecular weight is 1350 g/mol. The second-order valence-electron chi connectivity index (χ2n) is 31.1. The molecule has 11 rings (SSSR count). The van der Waals surface area contributed by atoms with Crippen LogP contribution in [0.1, 0.15) is 120 Å². The molecule has 17 N–H and O–H groups in total. The lowest BCUT2D eigenvalue weighted by molar-refractivity contribution is -0.388. The number of hydrogen-bond donors (Lipinski definition) is 17. The molecule has 30 nitrogen and oxygen atoms in total. The number of carbonyl (C=O) groups excluding carboxylic acids is 1. The molecule has 94 heavy (non-hydrogen) atoms. The highest BCUT2D eigenvalue weighted by Gasteiger charge is 2.72. The van der Waals surface area contributed by atoms with E-state index >= 15 is 4.79 Å². The molecule has 0 radical (unpaired) electrons. The van der Waals surface area contributed by atoms with Crippen LogP contribution in [0.4, 0.5) is 0 Å². The van der Waals surface area contributed by atoms with E-state index in [4.69, 9.17) is 56.8 Å². The zero-order valence-electron chi connectivity index (χ0n) is 54.7. The van der Waals surface area contributed by atoms with Gasteiger partial charge in [0.2, 0.25) is 6.29 Å². The molecular formula is C64H104O30. The van der Waals surface area contributed by atoms with Crippen LogP contribution in [-0.2, 0) is 61.6 Å². The van der Waals surface area contributed by atoms with Gasteiger partial charge in [-0.15, -0.1) is 0 Å². The summed E-state index contributed by atoms with van der Waals surface area (Å²) in [6, 6.07) is 0. The van der Waals surface area contributed by atoms with E-state index in [1.807, 2.05) is 0 Å². The van der Waals surface area contributed by atoms with Gasteiger partial charge in [0.25, 0.3) is 0 Å². The quantitative estimate of drug-likeness (QED) is 0.0447. The molecule has 0 amide bonds. The summed E-state index contributed by atoms with van der Waals surface area (Å²) in [6.45, 7) is 15.7. The Hall–Kier alpha value is -1.91. The number of esters is 1. The highest BCUT2D eigenvalue weighted by molar-refractivity contribution is 5.80. The number of rotatable bonds is 14. The van der Waals surface area contributed by atoms with E-state index in [2.05, 4.69) is 54.5 Å². The molecule has 0 aromatic heterocycles. The van der Waals surface area contributed by atoms with Crippen molar-refractivity contribution in [1.82, 2.24) is 0 Å². The van der Waals surface area contributed by atoms with Gasteiger partial charge in [0.15, 0.2) is 37.6 Å². The smallest absolute Gasteiger partial charge is 0.317 e. The summed E-state index contributed by atoms with van der Waals surface area (Å²) in [5, 5.41) is 187. The van der Waals surface area contributed by atoms with Crippen LogP contribution in [-0.4, -0.2) is 303 Å². The molecule has 37 atom stereocenters. The monoisotopic (exact) mass is 1350 g/mol. The Labute approximate surface area is 545 Å². The molecule has 6 heterocycles. The van der Waals surface area contributed by atoms with E-state index < -0.39 is 244 Å². The van der Waals surface area contributed by atoms with Crippen LogP contribution in [0.5, 0.6) is 0 Å². The van der Waals surface area contributed by atoms with Crippen LogP contribution in [0.3, 0.4) is 0 Å². The Balaban J connectivity index is 0.811. The van der Waals surface area contributed by atoms with Crippen LogP contribution < -0.4 is 0 Å². The van der Waals surface area contributed by atoms with Crippen molar-refractivity contribution in [3.05, 3.63) is 11.6 Å². The Morgan fingerprint density at radius 3 is 1.69 bits per heavy atom. The van der Waals surface area contributed by atoms with Gasteiger partial charge in [-0.25, -0.2) is 0 Å². The third-order valence-electron chi connectivity index (χ3n) is 24.8. The van der Waals surface area contributed by atoms with Crippen LogP contribution in [0.2, 0.25) is 0 Å². The summed E-state index contributed by atoms with van der Waals surface area (Å²) in [5.41, 5.74) is -2.90. The molecule has 5 aliphatic carbocycles. The zero-order chi connectivity index (χ0) is 68.6. The fourth-order valence-corrected chi connectivity index (χ4v) is 18.9. The lowest BCUT2D eigenvalue weighted by atomic mass is 9.33. The molecule has 6 aliphatic heterocycles. The van der Waals surface area contributed by atoms with Gasteiger partial charge in [-0.05, 0) is 116 Å². The first-order valence-corrected chi connectivity index (χ1v) is 33.5. The van der Waals surface area contributed by atoms with E-state index in [-0.39, 0.29) is 35.5 Å². The highest BCUT2D eigenvalue weighted by Crippen LogP contribution is 2.76. The second-order valence-corrected chi connectivity index (χ2v) is 31.1. The van der Waals surface area contributed by atoms with E-state index in [0.717, 1.165) is 5.57 Å². The fourth-order valence-electron chi connectivity index (χ4n) is 18.9. The van der Waals surface area contributed by atoms with Gasteiger partial charge in [0, 0.05) is 0 Å². The molecule has 0 aromatic carbocycles. The Kier molecular flexibility index (Phi) is 21.2. The first-order valence-electron chi connectivity index (χ1n) is 33.5. The number of fused-ring (bicyclic) bond motifs is 7. The molecule has 6 saturated heterocycles. The Bertz CT molecular complexity index is 2660. The van der Waals surface area contributed by atoms with Gasteiger partial charge in [-0.3, -0.25) is 4.79 Å². The van der Waals surface area contributed by atoms with Crippen molar-refractivity contribution in [2.45, 2.75) is 304 Å². The number of hydrogen-bond acceptors (Lipinski definition) is 30. The molecule has 0 spiro atoms. The molecule has 30 heteroatoms. The SMILES string of the molecule is C[C@@H]1O[C@@H](O[C@@H]2[C@@H](O)[C@H](O[C@H]3CC[C@]4(C)[C@H]5CC=C6[C@H]7CC(C)(C)CC[C@]7(C(=O)O[C@@H]7OC[C@H](O)[C@H](O)[C@H]7O[C@@H]7O[C@@H](C)[C@H](O[C@@H]8O[C@H](CO)[C@@H](O)[C@H](O)[C@H]8O)[C@@H](O)[C@H]7O)[C@H](O)C[C@@]6(C)[C@]5(C)CC[C@H]4C3(C)C)O[C@H](CO)[C@H]2O[C@@H]2OC[C@@H](O)[C@H](O)[C@H]2O)[C@H](O)[C@H](O)[C@H]1O. The standard InChI is InChI=1S/C64H104O30/c1-24-36(70)40(74)44(78)53(85-24)92-50-47(81)56(88-31(21-66)49(50)91-52-43(77)37(71)28(67)22-83-52)89-35-13-14-61(7)32(60(35,5)6)12-15-62(8)33(61)11-10-26-27-18-59(3,4)16-17-64(27,34(69)19-63(26,62)9)58(82)94-57-51(38(72)29(68)23-84-57)93-54-46(80)42(76)48(25(2)86-54)90-55-45(79)41(75)39(73)30(20-65)87-55/h10,24-25,27-57,65-81H,11-23H2,1-9H3/t24-,25-,27+,28+,29-,30+,31+,32-,33+,34+,35-,36-,37-,38-,39+,40+,41-,42-,43+,44+,45+,46+,47+,48-,49+,50+,51+,52-,53-,54-,55-,56-,57-,61-,62+,63+,64+/m0/s1. The average Bonchev–Trinajstić information content (AvgIpc) is 0.671. The number of carbonyl (C=O) groups is 1. The zero-order valence-corrected chi connectivity index (χ0v) is 54.7. The summed E-state index contributed by atoms with van der Waals surface area (Å²) >= 11 is 0. The van der Waals surface area contributed by atoms with Crippen molar-refractivity contribution < 1.29 is 148 Å². The minimum absolute atomic E-state index is 0.00613. The van der Waals surface area contributed by atoms with Crippen LogP contribution >= 0.6 is 0 Å². The minimum atomic E-state index is -1.96. The minimum Gasteiger partial charge on any atom is -0.432 e. The lowest BCUT2D eigenvalue weighted by Crippen LogP contribution is -2.69. The number of aliphatic hydroxyl groups is 17. The predicted molar refractivity (Wildman–Crippen MR) is 315 cm³/mol. The summed E-state index contributed by atoms with van der Waals surface area (Å²) in [6.07, 6.45) is -40.6. The summed E-state index contributed by atoms with van der Waals surface area (Å²) < 4.78 is 72.4. The largest absolute Gasteiger partial charge is 0.432 e. The normalized spacial score (nSPS) is 55.0. The summed E-state index contributed by atoms with van der Waals surface area (Å²) in [4.78, 5) is 15.5. The molecule has 540 valence electrons. The van der Waals surface area contributed by atoms with Crippen LogP contribution in [0.15, 0.2) is 11.6 Å². The van der Waals surface area contributed by atoms with E-state index in [1.54, 1.807) is 0 Å². The van der Waals surface area contributed by atoms with Gasteiger partial charge < -0.3 is 144 Å². The molecule has 10 fully saturated rings. The number of ether oxygens (including phenoxy) is 12. The Morgan fingerprint density at radius 1 is 0.489 bits per heavy atom. The molecular weight excluding hydrogens is 1250 g/mol. The first-order chi connectivity index (χ1) is 44.0. The maximum Gasteiger partial charge on any atom is 0.317 e. The maximum absolute atomic E-state index is 15.5. The third-order valence-corrected chi connectivity index (χ3v) is 24.8. The van der Waals surface area contributed by atoms with Gasteiger partial charge in [0.05, 0.1) is 50.8 Å². The summed E-state index contributed by atoms with van der Waals surface area (Å²) in [7, 11) is 0. The van der Waals surface area contributed by atoms with Crippen molar-refractivity contribution in [2.75, 3.05) is 26.4 Å². The number of allylic oxidation sites excluding steroid dienone is 2. The van der Waals surface area contributed by atoms with Crippen LogP contribution in [0, 0.1) is 50.2 Å². The summed E-state index contributed by atoms with van der Waals surface area (Å²) in [5.74, 6) is -1.33. The Morgan fingerprint density at radius 2 is 1.03 bits per heavy atom. The molecule has 0 unspecified atom stereocenters. The lowest BCUT2D eigenvalue weighted by Gasteiger charge is -2.71. The van der Waals surface area contributed by atoms with Crippen LogP contribution in [0.25, 0.3) is 0 Å². The highest BCUT2D eigenvalue weighted by atomic mass is 16.8. The second kappa shape index (κ2) is 27.1. The van der Waals surface area contributed by atoms with Crippen molar-refractivity contribution in [3.8, 4) is 0 Å². The molecule has 4 saturated carbocycles. The molecule has 0 aromatic rings. The number of aliphatic hydroxyl groups excluding tert-OH is 17. The maximum atomic E-state index is 15.5. The molecule has 0 bridgehead atoms. The molecule has 11 aliphatic rings. The predicted octanol–water partition coefficient (Wildman–Crippen LogP) is -4.08. The third kappa shape index (κ3) is 12.3. The van der Waals surface area contributed by atoms with Crippen molar-refractivity contribution in [1.29, 1.82) is 0 Å². The first kappa shape index (κ1) is 73.3. The topological polar surface area (TPSA) is 472 Å². The van der Waals surface area contributed by atoms with Gasteiger partial charge in [0.1, 0.15) is 121 Å².